The van der Waals surface area contributed by atoms with Crippen molar-refractivity contribution in [3.8, 4) is 0 Å². The summed E-state index contributed by atoms with van der Waals surface area (Å²) in [5.41, 5.74) is 0.575. The molecule has 1 fully saturated rings. The van der Waals surface area contributed by atoms with Gasteiger partial charge in [0.15, 0.2) is 5.16 Å². The van der Waals surface area contributed by atoms with Gasteiger partial charge in [0.2, 0.25) is 5.91 Å². The molecule has 0 saturated carbocycles. The Morgan fingerprint density at radius 1 is 1.30 bits per heavy atom. The molecule has 2 unspecified atom stereocenters. The minimum atomic E-state index is -0.0764. The minimum absolute atomic E-state index is 0.0764. The number of likely N-dealkylation sites (tertiary alicyclic amines) is 1. The molecular weight excluding hydrogens is 466 g/mol. The van der Waals surface area contributed by atoms with Crippen LogP contribution in [0.2, 0.25) is 0 Å². The Hall–Kier alpha value is -1.38. The maximum Gasteiger partial charge on any atom is 0.262 e. The lowest BCUT2D eigenvalue weighted by Gasteiger charge is -2.39. The molecular formula is C22H30BrN3O3S. The topological polar surface area (TPSA) is 64.4 Å². The van der Waals surface area contributed by atoms with Crippen LogP contribution in [-0.4, -0.2) is 51.4 Å². The highest BCUT2D eigenvalue weighted by atomic mass is 79.9. The quantitative estimate of drug-likeness (QED) is 0.307. The molecule has 3 rings (SSSR count). The molecule has 1 aliphatic heterocycles. The van der Waals surface area contributed by atoms with Crippen molar-refractivity contribution >= 4 is 44.5 Å². The van der Waals surface area contributed by atoms with Gasteiger partial charge in [0.1, 0.15) is 0 Å². The van der Waals surface area contributed by atoms with Crippen molar-refractivity contribution in [1.29, 1.82) is 0 Å². The van der Waals surface area contributed by atoms with Crippen molar-refractivity contribution in [1.82, 2.24) is 14.5 Å². The summed E-state index contributed by atoms with van der Waals surface area (Å²) in [6.45, 7) is 7.95. The Balaban J connectivity index is 1.84. The molecule has 30 heavy (non-hydrogen) atoms. The van der Waals surface area contributed by atoms with Crippen LogP contribution in [0.5, 0.6) is 0 Å². The molecule has 2 heterocycles. The molecule has 0 radical (unpaired) electrons. The molecule has 0 aliphatic carbocycles. The van der Waals surface area contributed by atoms with E-state index in [4.69, 9.17) is 9.72 Å². The van der Waals surface area contributed by atoms with Gasteiger partial charge < -0.3 is 9.64 Å². The number of hydrogen-bond acceptors (Lipinski definition) is 5. The highest BCUT2D eigenvalue weighted by Crippen LogP contribution is 2.26. The summed E-state index contributed by atoms with van der Waals surface area (Å²) in [4.78, 5) is 32.9. The number of fused-ring (bicyclic) bond motifs is 1. The Morgan fingerprint density at radius 3 is 2.73 bits per heavy atom. The number of halogens is 1. The van der Waals surface area contributed by atoms with E-state index in [1.165, 1.54) is 18.2 Å². The average Bonchev–Trinajstić information content (AvgIpc) is 2.71. The number of piperidine rings is 1. The van der Waals surface area contributed by atoms with Gasteiger partial charge in [-0.15, -0.1) is 0 Å². The van der Waals surface area contributed by atoms with Gasteiger partial charge >= 0.3 is 0 Å². The third kappa shape index (κ3) is 5.45. The molecule has 2 aromatic rings. The number of benzene rings is 1. The predicted molar refractivity (Wildman–Crippen MR) is 125 cm³/mol. The van der Waals surface area contributed by atoms with Crippen molar-refractivity contribution < 1.29 is 9.53 Å². The minimum Gasteiger partial charge on any atom is -0.382 e. The molecule has 0 bridgehead atoms. The fraction of sp³-hybridized carbons (Fsp3) is 0.591. The molecule has 164 valence electrons. The van der Waals surface area contributed by atoms with Crippen LogP contribution < -0.4 is 5.56 Å². The highest BCUT2D eigenvalue weighted by Gasteiger charge is 2.29. The summed E-state index contributed by atoms with van der Waals surface area (Å²) < 4.78 is 7.97. The van der Waals surface area contributed by atoms with Crippen molar-refractivity contribution in [3.05, 3.63) is 33.0 Å². The number of rotatable bonds is 8. The number of hydrogen-bond donors (Lipinski definition) is 0. The SMILES string of the molecule is CCOCCCn1c(SCC(=O)N2C(C)CCCC2C)nc2ccc(Br)cc2c1=O. The van der Waals surface area contributed by atoms with Gasteiger partial charge in [-0.2, -0.15) is 0 Å². The Kier molecular flexibility index (Phi) is 8.36. The first kappa shape index (κ1) is 23.3. The largest absolute Gasteiger partial charge is 0.382 e. The zero-order valence-corrected chi connectivity index (χ0v) is 20.3. The number of thioether (sulfide) groups is 1. The molecule has 0 N–H and O–H groups in total. The molecule has 8 heteroatoms. The fourth-order valence-electron chi connectivity index (χ4n) is 4.06. The third-order valence-electron chi connectivity index (χ3n) is 5.56. The monoisotopic (exact) mass is 495 g/mol. The smallest absolute Gasteiger partial charge is 0.262 e. The maximum absolute atomic E-state index is 13.2. The molecule has 6 nitrogen and oxygen atoms in total. The van der Waals surface area contributed by atoms with Gasteiger partial charge in [-0.3, -0.25) is 14.2 Å². The number of nitrogens with zero attached hydrogens (tertiary/aromatic N) is 3. The van der Waals surface area contributed by atoms with Gasteiger partial charge in [-0.05, 0) is 64.7 Å². The van der Waals surface area contributed by atoms with Crippen LogP contribution in [0.4, 0.5) is 0 Å². The lowest BCUT2D eigenvalue weighted by atomic mass is 9.98. The first-order valence-electron chi connectivity index (χ1n) is 10.6. The van der Waals surface area contributed by atoms with Gasteiger partial charge in [0, 0.05) is 36.3 Å². The number of ether oxygens (including phenoxy) is 1. The first-order valence-corrected chi connectivity index (χ1v) is 12.4. The number of carbonyl (C=O) groups excluding carboxylic acids is 1. The Morgan fingerprint density at radius 2 is 2.03 bits per heavy atom. The van der Waals surface area contributed by atoms with E-state index in [-0.39, 0.29) is 29.3 Å². The van der Waals surface area contributed by atoms with E-state index in [2.05, 4.69) is 29.8 Å². The van der Waals surface area contributed by atoms with Crippen LogP contribution in [0.3, 0.4) is 0 Å². The van der Waals surface area contributed by atoms with Crippen molar-refractivity contribution in [2.75, 3.05) is 19.0 Å². The molecule has 2 atom stereocenters. The summed E-state index contributed by atoms with van der Waals surface area (Å²) in [6, 6.07) is 6.05. The standard InChI is InChI=1S/C22H30BrN3O3S/c1-4-29-12-6-11-25-21(28)18-13-17(23)9-10-19(18)24-22(25)30-14-20(27)26-15(2)7-5-8-16(26)3/h9-10,13,15-16H,4-8,11-12,14H2,1-3H3. The summed E-state index contributed by atoms with van der Waals surface area (Å²) >= 11 is 4.79. The van der Waals surface area contributed by atoms with E-state index in [0.717, 1.165) is 23.7 Å². The van der Waals surface area contributed by atoms with Gasteiger partial charge in [0.05, 0.1) is 16.7 Å². The van der Waals surface area contributed by atoms with Crippen LogP contribution in [0.25, 0.3) is 10.9 Å². The summed E-state index contributed by atoms with van der Waals surface area (Å²) in [6.07, 6.45) is 3.98. The Labute approximate surface area is 190 Å². The van der Waals surface area contributed by atoms with Crippen LogP contribution in [0, 0.1) is 0 Å². The maximum atomic E-state index is 13.2. The van der Waals surface area contributed by atoms with Crippen molar-refractivity contribution in [2.45, 2.75) is 70.2 Å². The molecule has 1 aromatic heterocycles. The van der Waals surface area contributed by atoms with E-state index in [1.807, 2.05) is 24.0 Å². The van der Waals surface area contributed by atoms with Crippen LogP contribution in [0.1, 0.15) is 46.5 Å². The first-order chi connectivity index (χ1) is 14.4. The second-order valence-electron chi connectivity index (χ2n) is 7.78. The fourth-order valence-corrected chi connectivity index (χ4v) is 5.32. The summed E-state index contributed by atoms with van der Waals surface area (Å²) in [5, 5.41) is 1.17. The van der Waals surface area contributed by atoms with Crippen LogP contribution in [0.15, 0.2) is 32.6 Å². The molecule has 1 aliphatic rings. The summed E-state index contributed by atoms with van der Waals surface area (Å²) in [7, 11) is 0. The number of aromatic nitrogens is 2. The third-order valence-corrected chi connectivity index (χ3v) is 7.02. The zero-order valence-electron chi connectivity index (χ0n) is 17.9. The molecule has 1 amide bonds. The Bertz CT molecular complexity index is 939. The van der Waals surface area contributed by atoms with Gasteiger partial charge in [0.25, 0.3) is 5.56 Å². The average molecular weight is 496 g/mol. The van der Waals surface area contributed by atoms with E-state index >= 15 is 0 Å². The molecule has 1 aromatic carbocycles. The van der Waals surface area contributed by atoms with Crippen molar-refractivity contribution in [3.63, 3.8) is 0 Å². The number of amides is 1. The second-order valence-corrected chi connectivity index (χ2v) is 9.64. The molecule has 1 saturated heterocycles. The van der Waals surface area contributed by atoms with Gasteiger partial charge in [-0.25, -0.2) is 4.98 Å². The number of carbonyl (C=O) groups is 1. The van der Waals surface area contributed by atoms with E-state index in [1.54, 1.807) is 10.6 Å². The van der Waals surface area contributed by atoms with E-state index in [0.29, 0.717) is 35.8 Å². The van der Waals surface area contributed by atoms with E-state index < -0.39 is 0 Å². The van der Waals surface area contributed by atoms with Crippen molar-refractivity contribution in [2.24, 2.45) is 0 Å². The summed E-state index contributed by atoms with van der Waals surface area (Å²) in [5.74, 6) is 0.403. The van der Waals surface area contributed by atoms with E-state index in [9.17, 15) is 9.59 Å². The lowest BCUT2D eigenvalue weighted by Crippen LogP contribution is -2.48. The zero-order chi connectivity index (χ0) is 21.7. The van der Waals surface area contributed by atoms with Gasteiger partial charge in [-0.1, -0.05) is 27.7 Å². The lowest BCUT2D eigenvalue weighted by molar-refractivity contribution is -0.134. The molecule has 0 spiro atoms. The highest BCUT2D eigenvalue weighted by molar-refractivity contribution is 9.10. The van der Waals surface area contributed by atoms with Crippen LogP contribution in [-0.2, 0) is 16.1 Å². The second kappa shape index (κ2) is 10.8. The normalized spacial score (nSPS) is 19.4. The predicted octanol–water partition coefficient (Wildman–Crippen LogP) is 4.47. The van der Waals surface area contributed by atoms with Crippen LogP contribution >= 0.6 is 27.7 Å².